The number of amides is 1. The van der Waals surface area contributed by atoms with Crippen molar-refractivity contribution in [2.24, 2.45) is 11.3 Å². The van der Waals surface area contributed by atoms with Gasteiger partial charge in [-0.1, -0.05) is 20.8 Å². The van der Waals surface area contributed by atoms with Gasteiger partial charge in [-0.15, -0.1) is 0 Å². The molecule has 0 aliphatic carbocycles. The maximum Gasteiger partial charge on any atom is 0.407 e. The third-order valence-corrected chi connectivity index (χ3v) is 3.77. The standard InChI is InChI=1S/C11H21NO6S/c1-11(2,3)9-8(13)7(5-12(9)10(14)15)6-18-19(4,16)17/h7-9,13H,5-6H2,1-4H3,(H,14,15)/t7-,8+,9?/m0/s1. The number of hydrogen-bond acceptors (Lipinski definition) is 5. The Bertz CT molecular complexity index is 441. The van der Waals surface area contributed by atoms with Crippen LogP contribution in [0.3, 0.4) is 0 Å². The lowest BCUT2D eigenvalue weighted by Gasteiger charge is -2.35. The molecule has 1 saturated heterocycles. The van der Waals surface area contributed by atoms with E-state index in [0.29, 0.717) is 0 Å². The molecule has 1 amide bonds. The second-order valence-electron chi connectivity index (χ2n) is 5.99. The topological polar surface area (TPSA) is 104 Å². The van der Waals surface area contributed by atoms with Crippen molar-refractivity contribution in [3.8, 4) is 0 Å². The van der Waals surface area contributed by atoms with E-state index in [4.69, 9.17) is 5.11 Å². The molecule has 0 aromatic carbocycles. The third-order valence-electron chi connectivity index (χ3n) is 3.20. The van der Waals surface area contributed by atoms with E-state index in [1.54, 1.807) is 0 Å². The average molecular weight is 295 g/mol. The van der Waals surface area contributed by atoms with E-state index in [9.17, 15) is 18.3 Å². The molecule has 8 heteroatoms. The van der Waals surface area contributed by atoms with Crippen molar-refractivity contribution in [2.45, 2.75) is 32.9 Å². The summed E-state index contributed by atoms with van der Waals surface area (Å²) >= 11 is 0. The summed E-state index contributed by atoms with van der Waals surface area (Å²) in [7, 11) is -3.60. The molecule has 0 aromatic rings. The molecule has 19 heavy (non-hydrogen) atoms. The number of nitrogens with zero attached hydrogens (tertiary/aromatic N) is 1. The Hall–Kier alpha value is -0.860. The lowest BCUT2D eigenvalue weighted by molar-refractivity contribution is 0.0293. The van der Waals surface area contributed by atoms with Crippen molar-refractivity contribution in [3.05, 3.63) is 0 Å². The molecule has 1 unspecified atom stereocenters. The molecule has 1 rings (SSSR count). The zero-order valence-corrected chi connectivity index (χ0v) is 12.3. The Balaban J connectivity index is 2.87. The van der Waals surface area contributed by atoms with Crippen molar-refractivity contribution in [3.63, 3.8) is 0 Å². The Labute approximate surface area is 113 Å². The third kappa shape index (κ3) is 4.05. The molecule has 0 spiro atoms. The summed E-state index contributed by atoms with van der Waals surface area (Å²) in [4.78, 5) is 12.4. The molecule has 0 aromatic heterocycles. The highest BCUT2D eigenvalue weighted by Crippen LogP contribution is 2.36. The van der Waals surface area contributed by atoms with Gasteiger partial charge in [-0.25, -0.2) is 4.79 Å². The second-order valence-corrected chi connectivity index (χ2v) is 7.63. The van der Waals surface area contributed by atoms with Crippen LogP contribution in [0.15, 0.2) is 0 Å². The fourth-order valence-corrected chi connectivity index (χ4v) is 2.88. The lowest BCUT2D eigenvalue weighted by Crippen LogP contribution is -2.47. The van der Waals surface area contributed by atoms with Crippen LogP contribution in [0.2, 0.25) is 0 Å². The maximum atomic E-state index is 11.2. The molecule has 7 nitrogen and oxygen atoms in total. The molecular weight excluding hydrogens is 274 g/mol. The minimum atomic E-state index is -3.60. The summed E-state index contributed by atoms with van der Waals surface area (Å²) in [5.74, 6) is -0.546. The SMILES string of the molecule is CC(C)(C)C1[C@H](O)[C@H](COS(C)(=O)=O)CN1C(=O)O. The maximum absolute atomic E-state index is 11.2. The molecule has 112 valence electrons. The van der Waals surface area contributed by atoms with Gasteiger partial charge in [0.2, 0.25) is 0 Å². The first kappa shape index (κ1) is 16.2. The van der Waals surface area contributed by atoms with Gasteiger partial charge in [0.1, 0.15) is 0 Å². The smallest absolute Gasteiger partial charge is 0.407 e. The van der Waals surface area contributed by atoms with Crippen LogP contribution in [0.4, 0.5) is 4.79 Å². The average Bonchev–Trinajstić information content (AvgIpc) is 2.51. The van der Waals surface area contributed by atoms with E-state index in [1.807, 2.05) is 20.8 Å². The van der Waals surface area contributed by atoms with Crippen LogP contribution in [0.1, 0.15) is 20.8 Å². The summed E-state index contributed by atoms with van der Waals surface area (Å²) in [5, 5.41) is 19.4. The van der Waals surface area contributed by atoms with Gasteiger partial charge >= 0.3 is 6.09 Å². The van der Waals surface area contributed by atoms with Crippen molar-refractivity contribution in [1.82, 2.24) is 4.90 Å². The highest BCUT2D eigenvalue weighted by molar-refractivity contribution is 7.85. The molecule has 0 saturated carbocycles. The van der Waals surface area contributed by atoms with E-state index in [1.165, 1.54) is 0 Å². The van der Waals surface area contributed by atoms with Gasteiger partial charge in [0, 0.05) is 12.5 Å². The molecule has 3 atom stereocenters. The van der Waals surface area contributed by atoms with E-state index in [2.05, 4.69) is 4.18 Å². The molecule has 1 aliphatic heterocycles. The fraction of sp³-hybridized carbons (Fsp3) is 0.909. The highest BCUT2D eigenvalue weighted by atomic mass is 32.2. The Morgan fingerprint density at radius 3 is 2.26 bits per heavy atom. The van der Waals surface area contributed by atoms with Gasteiger partial charge in [0.05, 0.1) is 25.0 Å². The van der Waals surface area contributed by atoms with Gasteiger partial charge in [-0.2, -0.15) is 8.42 Å². The largest absolute Gasteiger partial charge is 0.465 e. The van der Waals surface area contributed by atoms with Crippen LogP contribution in [-0.2, 0) is 14.3 Å². The van der Waals surface area contributed by atoms with Crippen molar-refractivity contribution in [1.29, 1.82) is 0 Å². The summed E-state index contributed by atoms with van der Waals surface area (Å²) in [5.41, 5.74) is -0.447. The minimum absolute atomic E-state index is 0.0634. The van der Waals surface area contributed by atoms with Crippen molar-refractivity contribution < 1.29 is 27.6 Å². The zero-order valence-electron chi connectivity index (χ0n) is 11.5. The molecule has 0 radical (unpaired) electrons. The molecule has 2 N–H and O–H groups in total. The van der Waals surface area contributed by atoms with E-state index in [-0.39, 0.29) is 13.2 Å². The monoisotopic (exact) mass is 295 g/mol. The van der Waals surface area contributed by atoms with Gasteiger partial charge in [-0.05, 0) is 5.41 Å². The molecule has 1 aliphatic rings. The number of aliphatic hydroxyl groups is 1. The number of carbonyl (C=O) groups is 1. The zero-order chi connectivity index (χ0) is 15.0. The van der Waals surface area contributed by atoms with Crippen molar-refractivity contribution >= 4 is 16.2 Å². The highest BCUT2D eigenvalue weighted by Gasteiger charge is 2.48. The first-order valence-electron chi connectivity index (χ1n) is 5.95. The van der Waals surface area contributed by atoms with Crippen LogP contribution in [0.25, 0.3) is 0 Å². The van der Waals surface area contributed by atoms with Crippen LogP contribution in [0, 0.1) is 11.3 Å². The Morgan fingerprint density at radius 1 is 1.42 bits per heavy atom. The van der Waals surface area contributed by atoms with E-state index >= 15 is 0 Å². The van der Waals surface area contributed by atoms with Gasteiger partial charge in [0.25, 0.3) is 10.1 Å². The first-order valence-corrected chi connectivity index (χ1v) is 7.77. The number of aliphatic hydroxyl groups excluding tert-OH is 1. The lowest BCUT2D eigenvalue weighted by atomic mass is 9.82. The summed E-state index contributed by atoms with van der Waals surface area (Å²) < 4.78 is 26.6. The molecule has 0 bridgehead atoms. The summed E-state index contributed by atoms with van der Waals surface area (Å²) in [6.07, 6.45) is -1.15. The van der Waals surface area contributed by atoms with Crippen LogP contribution >= 0.6 is 0 Å². The Morgan fingerprint density at radius 2 is 1.95 bits per heavy atom. The molecular formula is C11H21NO6S. The van der Waals surface area contributed by atoms with Gasteiger partial charge < -0.3 is 15.1 Å². The minimum Gasteiger partial charge on any atom is -0.465 e. The number of likely N-dealkylation sites (tertiary alicyclic amines) is 1. The van der Waals surface area contributed by atoms with Crippen molar-refractivity contribution in [2.75, 3.05) is 19.4 Å². The van der Waals surface area contributed by atoms with E-state index < -0.39 is 39.7 Å². The number of rotatable bonds is 3. The van der Waals surface area contributed by atoms with E-state index in [0.717, 1.165) is 11.2 Å². The fourth-order valence-electron chi connectivity index (χ4n) is 2.46. The predicted octanol–water partition coefficient (Wildman–Crippen LogP) is 0.348. The summed E-state index contributed by atoms with van der Waals surface area (Å²) in [6.45, 7) is 5.34. The summed E-state index contributed by atoms with van der Waals surface area (Å²) in [6, 6.07) is -0.585. The van der Waals surface area contributed by atoms with Crippen LogP contribution in [0.5, 0.6) is 0 Å². The second kappa shape index (κ2) is 5.26. The number of hydrogen-bond donors (Lipinski definition) is 2. The number of carboxylic acid groups (broad SMARTS) is 1. The molecule has 1 fully saturated rings. The van der Waals surface area contributed by atoms with Crippen LogP contribution < -0.4 is 0 Å². The molecule has 1 heterocycles. The van der Waals surface area contributed by atoms with Crippen LogP contribution in [-0.4, -0.2) is 61.2 Å². The van der Waals surface area contributed by atoms with Gasteiger partial charge in [0.15, 0.2) is 0 Å². The predicted molar refractivity (Wildman–Crippen MR) is 68.3 cm³/mol. The quantitative estimate of drug-likeness (QED) is 0.728. The Kier molecular flexibility index (Phi) is 4.48. The van der Waals surface area contributed by atoms with Gasteiger partial charge in [-0.3, -0.25) is 4.18 Å². The first-order chi connectivity index (χ1) is 8.43. The normalized spacial score (nSPS) is 28.7.